The number of benzene rings is 1. The number of hydrogen-bond donors (Lipinski definition) is 3. The molecule has 2 aromatic rings. The lowest BCUT2D eigenvalue weighted by molar-refractivity contribution is -0.121. The summed E-state index contributed by atoms with van der Waals surface area (Å²) in [5.74, 6) is 0.324. The molecular weight excluding hydrogens is 298 g/mol. The topological polar surface area (TPSA) is 70.9 Å². The first-order valence-electron chi connectivity index (χ1n) is 9.33. The maximum Gasteiger partial charge on any atom is 0.234 e. The van der Waals surface area contributed by atoms with Crippen LogP contribution in [0.5, 0.6) is 0 Å². The number of nitrogens with one attached hydrogen (secondary N) is 2. The van der Waals surface area contributed by atoms with Crippen molar-refractivity contribution < 1.29 is 4.79 Å². The van der Waals surface area contributed by atoms with Gasteiger partial charge in [-0.25, -0.2) is 0 Å². The highest BCUT2D eigenvalue weighted by molar-refractivity contribution is 5.88. The second-order valence-corrected chi connectivity index (χ2v) is 7.49. The number of amides is 1. The van der Waals surface area contributed by atoms with Gasteiger partial charge in [-0.3, -0.25) is 10.1 Å². The summed E-state index contributed by atoms with van der Waals surface area (Å²) < 4.78 is 0. The van der Waals surface area contributed by atoms with E-state index in [-0.39, 0.29) is 17.5 Å². The van der Waals surface area contributed by atoms with E-state index in [2.05, 4.69) is 41.5 Å². The number of fused-ring (bicyclic) bond motifs is 3. The number of primary amides is 1. The van der Waals surface area contributed by atoms with E-state index in [4.69, 9.17) is 5.73 Å². The molecule has 2 heterocycles. The third-order valence-corrected chi connectivity index (χ3v) is 6.30. The van der Waals surface area contributed by atoms with E-state index in [0.717, 1.165) is 6.42 Å². The zero-order valence-corrected chi connectivity index (χ0v) is 14.4. The van der Waals surface area contributed by atoms with Gasteiger partial charge in [-0.2, -0.15) is 0 Å². The van der Waals surface area contributed by atoms with E-state index in [1.54, 1.807) is 0 Å². The molecule has 4 rings (SSSR count). The van der Waals surface area contributed by atoms with Crippen molar-refractivity contribution in [2.24, 2.45) is 11.7 Å². The number of aromatic nitrogens is 1. The van der Waals surface area contributed by atoms with Gasteiger partial charge in [-0.15, -0.1) is 0 Å². The number of para-hydroxylation sites is 1. The average molecular weight is 325 g/mol. The molecule has 1 aromatic carbocycles. The number of carbonyl (C=O) groups excluding carboxylic acids is 1. The third-order valence-electron chi connectivity index (χ3n) is 6.30. The molecule has 1 fully saturated rings. The molecule has 4 N–H and O–H groups in total. The zero-order chi connectivity index (χ0) is 16.7. The monoisotopic (exact) mass is 325 g/mol. The summed E-state index contributed by atoms with van der Waals surface area (Å²) in [5.41, 5.74) is 9.33. The fourth-order valence-electron chi connectivity index (χ4n) is 5.09. The average Bonchev–Trinajstić information content (AvgIpc) is 3.00. The van der Waals surface area contributed by atoms with E-state index < -0.39 is 0 Å². The number of H-pyrrole nitrogens is 1. The SMILES string of the molecule is CC[C@@]1(C2CCCCC2)N[C@@H](C(N)=O)Cc2c1[nH]c1ccccc21. The third kappa shape index (κ3) is 2.27. The van der Waals surface area contributed by atoms with E-state index in [9.17, 15) is 4.79 Å². The van der Waals surface area contributed by atoms with E-state index >= 15 is 0 Å². The summed E-state index contributed by atoms with van der Waals surface area (Å²) in [5, 5.41) is 4.94. The maximum absolute atomic E-state index is 12.1. The highest BCUT2D eigenvalue weighted by Gasteiger charge is 2.47. The lowest BCUT2D eigenvalue weighted by Gasteiger charge is -2.47. The first kappa shape index (κ1) is 15.7. The molecule has 4 heteroatoms. The molecule has 24 heavy (non-hydrogen) atoms. The van der Waals surface area contributed by atoms with E-state index in [1.807, 2.05) is 0 Å². The van der Waals surface area contributed by atoms with Crippen molar-refractivity contribution in [2.45, 2.75) is 63.5 Å². The first-order valence-corrected chi connectivity index (χ1v) is 9.33. The molecule has 0 radical (unpaired) electrons. The van der Waals surface area contributed by atoms with Gasteiger partial charge in [0.05, 0.1) is 11.6 Å². The maximum atomic E-state index is 12.1. The molecular formula is C20H27N3O. The highest BCUT2D eigenvalue weighted by Crippen LogP contribution is 2.46. The lowest BCUT2D eigenvalue weighted by Crippen LogP contribution is -2.60. The smallest absolute Gasteiger partial charge is 0.234 e. The van der Waals surface area contributed by atoms with Crippen LogP contribution in [-0.4, -0.2) is 16.9 Å². The van der Waals surface area contributed by atoms with Crippen LogP contribution < -0.4 is 11.1 Å². The molecule has 4 nitrogen and oxygen atoms in total. The summed E-state index contributed by atoms with van der Waals surface area (Å²) in [6, 6.07) is 8.16. The Bertz CT molecular complexity index is 759. The molecule has 1 aliphatic carbocycles. The van der Waals surface area contributed by atoms with Gasteiger partial charge in [-0.1, -0.05) is 44.4 Å². The second-order valence-electron chi connectivity index (χ2n) is 7.49. The molecule has 1 amide bonds. The fraction of sp³-hybridized carbons (Fsp3) is 0.550. The number of aromatic amines is 1. The van der Waals surface area contributed by atoms with Crippen LogP contribution >= 0.6 is 0 Å². The molecule has 2 atom stereocenters. The van der Waals surface area contributed by atoms with Crippen molar-refractivity contribution in [1.82, 2.24) is 10.3 Å². The van der Waals surface area contributed by atoms with Crippen molar-refractivity contribution in [2.75, 3.05) is 0 Å². The van der Waals surface area contributed by atoms with Gasteiger partial charge in [0.2, 0.25) is 5.91 Å². The molecule has 1 aliphatic heterocycles. The van der Waals surface area contributed by atoms with Crippen LogP contribution in [0.2, 0.25) is 0 Å². The van der Waals surface area contributed by atoms with E-state index in [0.29, 0.717) is 12.3 Å². The molecule has 0 unspecified atom stereocenters. The van der Waals surface area contributed by atoms with Gasteiger partial charge in [0.25, 0.3) is 0 Å². The number of rotatable bonds is 3. The van der Waals surface area contributed by atoms with Crippen LogP contribution in [0.15, 0.2) is 24.3 Å². The summed E-state index contributed by atoms with van der Waals surface area (Å²) in [7, 11) is 0. The summed E-state index contributed by atoms with van der Waals surface area (Å²) in [6.07, 6.45) is 8.00. The summed E-state index contributed by atoms with van der Waals surface area (Å²) in [4.78, 5) is 15.8. The zero-order valence-electron chi connectivity index (χ0n) is 14.4. The molecule has 0 bridgehead atoms. The number of hydrogen-bond acceptors (Lipinski definition) is 2. The van der Waals surface area contributed by atoms with Crippen molar-refractivity contribution >= 4 is 16.8 Å². The van der Waals surface area contributed by atoms with Gasteiger partial charge in [-0.05, 0) is 43.2 Å². The van der Waals surface area contributed by atoms with Gasteiger partial charge < -0.3 is 10.7 Å². The van der Waals surface area contributed by atoms with Crippen molar-refractivity contribution in [1.29, 1.82) is 0 Å². The number of carbonyl (C=O) groups is 1. The van der Waals surface area contributed by atoms with Crippen LogP contribution in [0.3, 0.4) is 0 Å². The molecule has 128 valence electrons. The summed E-state index contributed by atoms with van der Waals surface area (Å²) >= 11 is 0. The number of nitrogens with two attached hydrogens (primary N) is 1. The predicted molar refractivity (Wildman–Crippen MR) is 96.7 cm³/mol. The van der Waals surface area contributed by atoms with Crippen LogP contribution in [0.4, 0.5) is 0 Å². The van der Waals surface area contributed by atoms with Gasteiger partial charge in [0.1, 0.15) is 0 Å². The Balaban J connectivity index is 1.90. The molecule has 2 aliphatic rings. The van der Waals surface area contributed by atoms with Gasteiger partial charge in [0, 0.05) is 16.6 Å². The lowest BCUT2D eigenvalue weighted by atomic mass is 9.68. The van der Waals surface area contributed by atoms with Crippen LogP contribution in [0, 0.1) is 5.92 Å². The first-order chi connectivity index (χ1) is 11.7. The Morgan fingerprint density at radius 1 is 1.25 bits per heavy atom. The van der Waals surface area contributed by atoms with E-state index in [1.165, 1.54) is 54.3 Å². The van der Waals surface area contributed by atoms with Crippen molar-refractivity contribution in [3.05, 3.63) is 35.5 Å². The Hall–Kier alpha value is -1.81. The Labute approximate surface area is 143 Å². The normalized spacial score (nSPS) is 28.0. The molecule has 0 saturated heterocycles. The van der Waals surface area contributed by atoms with Gasteiger partial charge >= 0.3 is 0 Å². The second kappa shape index (κ2) is 5.92. The largest absolute Gasteiger partial charge is 0.368 e. The van der Waals surface area contributed by atoms with Crippen molar-refractivity contribution in [3.8, 4) is 0 Å². The minimum Gasteiger partial charge on any atom is -0.368 e. The summed E-state index contributed by atoms with van der Waals surface area (Å²) in [6.45, 7) is 2.24. The minimum absolute atomic E-state index is 0.160. The van der Waals surface area contributed by atoms with Gasteiger partial charge in [0.15, 0.2) is 0 Å². The fourth-order valence-corrected chi connectivity index (χ4v) is 5.09. The molecule has 1 aromatic heterocycles. The van der Waals surface area contributed by atoms with Crippen molar-refractivity contribution in [3.63, 3.8) is 0 Å². The Morgan fingerprint density at radius 3 is 2.71 bits per heavy atom. The minimum atomic E-state index is -0.279. The molecule has 1 saturated carbocycles. The quantitative estimate of drug-likeness (QED) is 0.810. The predicted octanol–water partition coefficient (Wildman–Crippen LogP) is 3.35. The van der Waals surface area contributed by atoms with Crippen LogP contribution in [0.25, 0.3) is 10.9 Å². The Morgan fingerprint density at radius 2 is 2.00 bits per heavy atom. The Kier molecular flexibility index (Phi) is 3.87. The highest BCUT2D eigenvalue weighted by atomic mass is 16.1. The van der Waals surface area contributed by atoms with Crippen LogP contribution in [-0.2, 0) is 16.8 Å². The standard InChI is InChI=1S/C20H27N3O/c1-2-20(13-8-4-3-5-9-13)18-15(12-17(23-20)19(21)24)14-10-6-7-11-16(14)22-18/h6-7,10-11,13,17,22-23H,2-5,8-9,12H2,1H3,(H2,21,24)/t17-,20+/m1/s1. The molecule has 0 spiro atoms. The van der Waals surface area contributed by atoms with Crippen LogP contribution in [0.1, 0.15) is 56.7 Å².